The van der Waals surface area contributed by atoms with E-state index in [-0.39, 0.29) is 24.0 Å². The highest BCUT2D eigenvalue weighted by molar-refractivity contribution is 6.31. The number of fused-ring (bicyclic) bond motifs is 1. The number of nitrogens with zero attached hydrogens (tertiary/aromatic N) is 1. The number of halogens is 2. The average Bonchev–Trinajstić information content (AvgIpc) is 2.04. The van der Waals surface area contributed by atoms with Gasteiger partial charge in [0.05, 0.1) is 0 Å². The van der Waals surface area contributed by atoms with E-state index >= 15 is 0 Å². The predicted molar refractivity (Wildman–Crippen MR) is 50.1 cm³/mol. The molecule has 13 heavy (non-hydrogen) atoms. The Labute approximate surface area is 99.4 Å². The lowest BCUT2D eigenvalue weighted by Gasteiger charge is -1.95. The highest BCUT2D eigenvalue weighted by atomic mass is 127. The molecule has 2 rings (SSSR count). The number of aromatic nitrogens is 1. The maximum atomic E-state index is 5.86. The van der Waals surface area contributed by atoms with Gasteiger partial charge in [0.15, 0.2) is 6.20 Å². The minimum absolute atomic E-state index is 0. The zero-order valence-electron chi connectivity index (χ0n) is 7.17. The molecule has 0 N–H and O–H groups in total. The molecule has 1 aromatic carbocycles. The lowest BCUT2D eigenvalue weighted by Crippen LogP contribution is -3.00. The first-order valence-corrected chi connectivity index (χ1v) is 4.19. The molecule has 0 aliphatic carbocycles. The molecule has 0 aliphatic rings. The van der Waals surface area contributed by atoms with Crippen LogP contribution < -0.4 is 28.5 Å². The fourth-order valence-electron chi connectivity index (χ4n) is 1.34. The van der Waals surface area contributed by atoms with Crippen molar-refractivity contribution in [1.82, 2.24) is 0 Å². The van der Waals surface area contributed by atoms with Crippen molar-refractivity contribution in [3.63, 3.8) is 0 Å². The smallest absolute Gasteiger partial charge is 0.212 e. The van der Waals surface area contributed by atoms with E-state index < -0.39 is 0 Å². The lowest BCUT2D eigenvalue weighted by molar-refractivity contribution is -0.644. The molecule has 3 heteroatoms. The highest BCUT2D eigenvalue weighted by Gasteiger charge is 2.02. The third-order valence-electron chi connectivity index (χ3n) is 1.96. The largest absolute Gasteiger partial charge is 1.00 e. The summed E-state index contributed by atoms with van der Waals surface area (Å²) in [6.45, 7) is 0. The quantitative estimate of drug-likeness (QED) is 0.449. The zero-order chi connectivity index (χ0) is 8.55. The molecule has 0 fully saturated rings. The monoisotopic (exact) mass is 305 g/mol. The normalized spacial score (nSPS) is 9.69. The summed E-state index contributed by atoms with van der Waals surface area (Å²) >= 11 is 5.86. The number of hydrogen-bond donors (Lipinski definition) is 0. The second kappa shape index (κ2) is 4.24. The standard InChI is InChI=1S/C10H9ClN.HI/c1-12-6-2-3-8-7-9(11)4-5-10(8)12;/h2-7H,1H3;1H/q+1;/p-1. The molecule has 0 saturated carbocycles. The van der Waals surface area contributed by atoms with Gasteiger partial charge in [-0.1, -0.05) is 11.6 Å². The molecule has 0 radical (unpaired) electrons. The highest BCUT2D eigenvalue weighted by Crippen LogP contribution is 2.15. The SMILES string of the molecule is C[n+]1cccc2cc(Cl)ccc21.[I-]. The van der Waals surface area contributed by atoms with Gasteiger partial charge in [-0.15, -0.1) is 0 Å². The first-order valence-electron chi connectivity index (χ1n) is 3.81. The van der Waals surface area contributed by atoms with E-state index in [1.54, 1.807) is 0 Å². The van der Waals surface area contributed by atoms with Gasteiger partial charge in [0, 0.05) is 22.5 Å². The fraction of sp³-hybridized carbons (Fsp3) is 0.100. The van der Waals surface area contributed by atoms with E-state index in [1.165, 1.54) is 10.9 Å². The third kappa shape index (κ3) is 2.11. The van der Waals surface area contributed by atoms with Gasteiger partial charge < -0.3 is 24.0 Å². The summed E-state index contributed by atoms with van der Waals surface area (Å²) in [7, 11) is 2.02. The Morgan fingerprint density at radius 2 is 2.00 bits per heavy atom. The summed E-state index contributed by atoms with van der Waals surface area (Å²) in [6.07, 6.45) is 2.02. The molecule has 0 bridgehead atoms. The Morgan fingerprint density at radius 3 is 2.77 bits per heavy atom. The van der Waals surface area contributed by atoms with Crippen LogP contribution in [-0.4, -0.2) is 0 Å². The van der Waals surface area contributed by atoms with Crippen molar-refractivity contribution in [3.8, 4) is 0 Å². The Hall–Kier alpha value is -0.350. The van der Waals surface area contributed by atoms with Gasteiger partial charge in [0.25, 0.3) is 0 Å². The van der Waals surface area contributed by atoms with Crippen LogP contribution in [0, 0.1) is 0 Å². The molecule has 0 spiro atoms. The first-order chi connectivity index (χ1) is 5.77. The van der Waals surface area contributed by atoms with E-state index in [0.29, 0.717) is 0 Å². The molecule has 0 atom stereocenters. The lowest BCUT2D eigenvalue weighted by atomic mass is 10.2. The minimum Gasteiger partial charge on any atom is -1.00 e. The molecular weight excluding hydrogens is 296 g/mol. The summed E-state index contributed by atoms with van der Waals surface area (Å²) in [6, 6.07) is 9.97. The summed E-state index contributed by atoms with van der Waals surface area (Å²) < 4.78 is 2.08. The van der Waals surface area contributed by atoms with Crippen LogP contribution in [-0.2, 0) is 7.05 Å². The molecule has 0 saturated heterocycles. The van der Waals surface area contributed by atoms with Gasteiger partial charge in [-0.25, -0.2) is 4.57 Å². The predicted octanol–water partition coefficient (Wildman–Crippen LogP) is -0.678. The average molecular weight is 306 g/mol. The molecule has 2 aromatic rings. The number of aryl methyl sites for hydroxylation is 1. The topological polar surface area (TPSA) is 3.88 Å². The van der Waals surface area contributed by atoms with E-state index in [0.717, 1.165) is 5.02 Å². The van der Waals surface area contributed by atoms with Crippen LogP contribution in [0.5, 0.6) is 0 Å². The van der Waals surface area contributed by atoms with Crippen molar-refractivity contribution in [2.45, 2.75) is 0 Å². The fourth-order valence-corrected chi connectivity index (χ4v) is 1.52. The van der Waals surface area contributed by atoms with Crippen LogP contribution >= 0.6 is 11.6 Å². The molecule has 0 unspecified atom stereocenters. The summed E-state index contributed by atoms with van der Waals surface area (Å²) in [4.78, 5) is 0. The Balaban J connectivity index is 0.000000845. The van der Waals surface area contributed by atoms with E-state index in [2.05, 4.69) is 10.6 Å². The van der Waals surface area contributed by atoms with E-state index in [9.17, 15) is 0 Å². The molecule has 1 nitrogen and oxygen atoms in total. The van der Waals surface area contributed by atoms with Crippen LogP contribution in [0.15, 0.2) is 36.5 Å². The van der Waals surface area contributed by atoms with Crippen LogP contribution in [0.3, 0.4) is 0 Å². The van der Waals surface area contributed by atoms with Gasteiger partial charge in [-0.2, -0.15) is 0 Å². The summed E-state index contributed by atoms with van der Waals surface area (Å²) in [5.74, 6) is 0. The second-order valence-electron chi connectivity index (χ2n) is 2.82. The van der Waals surface area contributed by atoms with Gasteiger partial charge in [-0.3, -0.25) is 0 Å². The van der Waals surface area contributed by atoms with Crippen molar-refractivity contribution < 1.29 is 28.5 Å². The van der Waals surface area contributed by atoms with Gasteiger partial charge in [-0.05, 0) is 18.2 Å². The van der Waals surface area contributed by atoms with Crippen molar-refractivity contribution in [2.24, 2.45) is 7.05 Å². The zero-order valence-corrected chi connectivity index (χ0v) is 10.1. The number of benzene rings is 1. The minimum atomic E-state index is 0. The number of rotatable bonds is 0. The Morgan fingerprint density at radius 1 is 1.23 bits per heavy atom. The van der Waals surface area contributed by atoms with Crippen molar-refractivity contribution >= 4 is 22.5 Å². The molecule has 1 heterocycles. The van der Waals surface area contributed by atoms with Crippen molar-refractivity contribution in [1.29, 1.82) is 0 Å². The van der Waals surface area contributed by atoms with Crippen molar-refractivity contribution in [2.75, 3.05) is 0 Å². The maximum absolute atomic E-state index is 5.86. The van der Waals surface area contributed by atoms with Crippen LogP contribution in [0.25, 0.3) is 10.9 Å². The maximum Gasteiger partial charge on any atom is 0.212 e. The first kappa shape index (κ1) is 10.7. The Kier molecular flexibility index (Phi) is 3.50. The van der Waals surface area contributed by atoms with Crippen LogP contribution in [0.1, 0.15) is 0 Å². The molecule has 1 aromatic heterocycles. The van der Waals surface area contributed by atoms with Gasteiger partial charge in [0.1, 0.15) is 7.05 Å². The second-order valence-corrected chi connectivity index (χ2v) is 3.26. The van der Waals surface area contributed by atoms with Crippen LogP contribution in [0.2, 0.25) is 5.02 Å². The molecule has 68 valence electrons. The molecule has 0 aliphatic heterocycles. The summed E-state index contributed by atoms with van der Waals surface area (Å²) in [5.41, 5.74) is 1.20. The van der Waals surface area contributed by atoms with Crippen LogP contribution in [0.4, 0.5) is 0 Å². The van der Waals surface area contributed by atoms with E-state index in [1.807, 2.05) is 37.5 Å². The number of pyridine rings is 1. The molecule has 0 amide bonds. The van der Waals surface area contributed by atoms with Crippen molar-refractivity contribution in [3.05, 3.63) is 41.6 Å². The van der Waals surface area contributed by atoms with E-state index in [4.69, 9.17) is 11.6 Å². The molecular formula is C10H9ClIN. The summed E-state index contributed by atoms with van der Waals surface area (Å²) in [5, 5.41) is 1.96. The third-order valence-corrected chi connectivity index (χ3v) is 2.19. The van der Waals surface area contributed by atoms with Gasteiger partial charge in [0.2, 0.25) is 5.52 Å². The Bertz CT molecular complexity index is 428. The number of hydrogen-bond acceptors (Lipinski definition) is 0. The van der Waals surface area contributed by atoms with Gasteiger partial charge >= 0.3 is 0 Å².